The molecule has 0 atom stereocenters. The van der Waals surface area contributed by atoms with Crippen LogP contribution in [0.15, 0.2) is 30.5 Å². The Kier molecular flexibility index (Phi) is 4.20. The number of hydrogen-bond donors (Lipinski definition) is 1. The molecule has 2 aromatic rings. The fourth-order valence-corrected chi connectivity index (χ4v) is 1.95. The van der Waals surface area contributed by atoms with Crippen molar-refractivity contribution < 1.29 is 4.79 Å². The average Bonchev–Trinajstić information content (AvgIpc) is 2.41. The summed E-state index contributed by atoms with van der Waals surface area (Å²) in [5.74, 6) is 0.0360. The number of amides is 1. The highest BCUT2D eigenvalue weighted by Gasteiger charge is 2.14. The Bertz CT molecular complexity index is 645. The summed E-state index contributed by atoms with van der Waals surface area (Å²) >= 11 is 5.87. The molecule has 0 saturated heterocycles. The van der Waals surface area contributed by atoms with Crippen LogP contribution in [0.4, 0.5) is 5.82 Å². The van der Waals surface area contributed by atoms with Crippen LogP contribution in [0.3, 0.4) is 0 Å². The third-order valence-corrected chi connectivity index (χ3v) is 3.11. The Morgan fingerprint density at radius 1 is 1.45 bits per heavy atom. The second-order valence-corrected chi connectivity index (χ2v) is 4.93. The number of aromatic nitrogens is 2. The highest BCUT2D eigenvalue weighted by Crippen LogP contribution is 2.18. The minimum absolute atomic E-state index is 0.178. The molecule has 0 fully saturated rings. The van der Waals surface area contributed by atoms with E-state index < -0.39 is 0 Å². The van der Waals surface area contributed by atoms with Crippen LogP contribution in [0, 0.1) is 6.92 Å². The van der Waals surface area contributed by atoms with Crippen molar-refractivity contribution in [3.63, 3.8) is 0 Å². The van der Waals surface area contributed by atoms with Gasteiger partial charge in [0.25, 0.3) is 5.91 Å². The number of nitrogens with zero attached hydrogens (tertiary/aromatic N) is 3. The summed E-state index contributed by atoms with van der Waals surface area (Å²) in [4.78, 5) is 22.1. The van der Waals surface area contributed by atoms with Gasteiger partial charge in [-0.05, 0) is 25.1 Å². The van der Waals surface area contributed by atoms with Crippen molar-refractivity contribution in [3.05, 3.63) is 52.4 Å². The molecule has 2 heterocycles. The standard InChI is InChI=1S/C14H15ClN4O/c1-9-4-3-5-11(18-9)8-19(2)14(20)10-6-12(15)13(16)17-7-10/h3-7H,8H2,1-2H3,(H2,16,17). The lowest BCUT2D eigenvalue weighted by molar-refractivity contribution is 0.0783. The Balaban J connectivity index is 2.14. The van der Waals surface area contributed by atoms with Crippen molar-refractivity contribution in [2.24, 2.45) is 0 Å². The molecule has 5 nitrogen and oxygen atoms in total. The first-order valence-electron chi connectivity index (χ1n) is 6.06. The molecular weight excluding hydrogens is 276 g/mol. The summed E-state index contributed by atoms with van der Waals surface area (Å²) in [6.07, 6.45) is 1.42. The second-order valence-electron chi connectivity index (χ2n) is 4.52. The van der Waals surface area contributed by atoms with Gasteiger partial charge >= 0.3 is 0 Å². The molecule has 1 amide bonds. The minimum Gasteiger partial charge on any atom is -0.382 e. The van der Waals surface area contributed by atoms with Crippen LogP contribution in [0.25, 0.3) is 0 Å². The van der Waals surface area contributed by atoms with Crippen molar-refractivity contribution in [1.82, 2.24) is 14.9 Å². The Morgan fingerprint density at radius 3 is 2.85 bits per heavy atom. The Hall–Kier alpha value is -2.14. The predicted molar refractivity (Wildman–Crippen MR) is 78.4 cm³/mol. The van der Waals surface area contributed by atoms with Gasteiger partial charge in [-0.3, -0.25) is 9.78 Å². The van der Waals surface area contributed by atoms with E-state index in [2.05, 4.69) is 9.97 Å². The lowest BCUT2D eigenvalue weighted by Crippen LogP contribution is -2.26. The van der Waals surface area contributed by atoms with E-state index in [9.17, 15) is 4.79 Å². The number of carbonyl (C=O) groups excluding carboxylic acids is 1. The summed E-state index contributed by atoms with van der Waals surface area (Å²) < 4.78 is 0. The number of nitrogen functional groups attached to an aromatic ring is 1. The van der Waals surface area contributed by atoms with E-state index >= 15 is 0 Å². The topological polar surface area (TPSA) is 72.1 Å². The van der Waals surface area contributed by atoms with Crippen LogP contribution in [-0.4, -0.2) is 27.8 Å². The van der Waals surface area contributed by atoms with Crippen molar-refractivity contribution >= 4 is 23.3 Å². The quantitative estimate of drug-likeness (QED) is 0.941. The maximum atomic E-state index is 12.3. The number of nitrogens with two attached hydrogens (primary N) is 1. The summed E-state index contributed by atoms with van der Waals surface area (Å²) in [5.41, 5.74) is 7.68. The average molecular weight is 291 g/mol. The molecule has 20 heavy (non-hydrogen) atoms. The van der Waals surface area contributed by atoms with E-state index in [0.29, 0.717) is 12.1 Å². The minimum atomic E-state index is -0.178. The first kappa shape index (κ1) is 14.3. The van der Waals surface area contributed by atoms with Crippen molar-refractivity contribution in [1.29, 1.82) is 0 Å². The van der Waals surface area contributed by atoms with Gasteiger partial charge in [-0.15, -0.1) is 0 Å². The van der Waals surface area contributed by atoms with Crippen molar-refractivity contribution in [2.75, 3.05) is 12.8 Å². The zero-order valence-corrected chi connectivity index (χ0v) is 12.1. The van der Waals surface area contributed by atoms with Crippen LogP contribution >= 0.6 is 11.6 Å². The largest absolute Gasteiger partial charge is 0.382 e. The van der Waals surface area contributed by atoms with Crippen LogP contribution in [0.1, 0.15) is 21.7 Å². The van der Waals surface area contributed by atoms with Gasteiger partial charge in [0.15, 0.2) is 0 Å². The molecule has 2 N–H and O–H groups in total. The van der Waals surface area contributed by atoms with Crippen LogP contribution in [0.2, 0.25) is 5.02 Å². The SMILES string of the molecule is Cc1cccc(CN(C)C(=O)c2cnc(N)c(Cl)c2)n1. The van der Waals surface area contributed by atoms with Gasteiger partial charge in [0.05, 0.1) is 22.8 Å². The summed E-state index contributed by atoms with van der Waals surface area (Å²) in [6.45, 7) is 2.33. The number of pyridine rings is 2. The maximum Gasteiger partial charge on any atom is 0.255 e. The van der Waals surface area contributed by atoms with Gasteiger partial charge in [0.2, 0.25) is 0 Å². The lowest BCUT2D eigenvalue weighted by Gasteiger charge is -2.17. The van der Waals surface area contributed by atoms with Crippen molar-refractivity contribution in [3.8, 4) is 0 Å². The first-order valence-corrected chi connectivity index (χ1v) is 6.44. The predicted octanol–water partition coefficient (Wildman–Crippen LogP) is 2.29. The molecule has 6 heteroatoms. The summed E-state index contributed by atoms with van der Waals surface area (Å²) in [5, 5.41) is 0.276. The van der Waals surface area contributed by atoms with Gasteiger partial charge < -0.3 is 10.6 Å². The van der Waals surface area contributed by atoms with E-state index in [-0.39, 0.29) is 16.7 Å². The van der Waals surface area contributed by atoms with E-state index in [1.54, 1.807) is 11.9 Å². The molecule has 0 radical (unpaired) electrons. The van der Waals surface area contributed by atoms with Gasteiger partial charge in [-0.2, -0.15) is 0 Å². The molecular formula is C14H15ClN4O. The van der Waals surface area contributed by atoms with E-state index in [1.807, 2.05) is 25.1 Å². The Labute approximate surface area is 122 Å². The van der Waals surface area contributed by atoms with Crippen LogP contribution in [-0.2, 0) is 6.54 Å². The van der Waals surface area contributed by atoms with Crippen molar-refractivity contribution in [2.45, 2.75) is 13.5 Å². The summed E-state index contributed by atoms with van der Waals surface area (Å²) in [6, 6.07) is 7.23. The third-order valence-electron chi connectivity index (χ3n) is 2.81. The molecule has 2 rings (SSSR count). The third kappa shape index (κ3) is 3.24. The smallest absolute Gasteiger partial charge is 0.255 e. The number of anilines is 1. The number of carbonyl (C=O) groups is 1. The van der Waals surface area contributed by atoms with Gasteiger partial charge in [-0.1, -0.05) is 17.7 Å². The van der Waals surface area contributed by atoms with Gasteiger partial charge in [-0.25, -0.2) is 4.98 Å². The molecule has 2 aromatic heterocycles. The van der Waals surface area contributed by atoms with E-state index in [4.69, 9.17) is 17.3 Å². The molecule has 0 saturated carbocycles. The number of rotatable bonds is 3. The van der Waals surface area contributed by atoms with Crippen LogP contribution < -0.4 is 5.73 Å². The van der Waals surface area contributed by atoms with Gasteiger partial charge in [0.1, 0.15) is 5.82 Å². The molecule has 0 aliphatic rings. The first-order chi connectivity index (χ1) is 9.47. The zero-order chi connectivity index (χ0) is 14.7. The highest BCUT2D eigenvalue weighted by atomic mass is 35.5. The summed E-state index contributed by atoms with van der Waals surface area (Å²) in [7, 11) is 1.70. The van der Waals surface area contributed by atoms with E-state index in [0.717, 1.165) is 11.4 Å². The van der Waals surface area contributed by atoms with E-state index in [1.165, 1.54) is 12.3 Å². The number of halogens is 1. The molecule has 0 aromatic carbocycles. The number of aryl methyl sites for hydroxylation is 1. The molecule has 0 aliphatic heterocycles. The van der Waals surface area contributed by atoms with Gasteiger partial charge in [0, 0.05) is 18.9 Å². The second kappa shape index (κ2) is 5.88. The molecule has 0 bridgehead atoms. The zero-order valence-electron chi connectivity index (χ0n) is 11.3. The lowest BCUT2D eigenvalue weighted by atomic mass is 10.2. The fraction of sp³-hybridized carbons (Fsp3) is 0.214. The monoisotopic (exact) mass is 290 g/mol. The maximum absolute atomic E-state index is 12.3. The Morgan fingerprint density at radius 2 is 2.20 bits per heavy atom. The normalized spacial score (nSPS) is 10.3. The number of hydrogen-bond acceptors (Lipinski definition) is 4. The van der Waals surface area contributed by atoms with Crippen LogP contribution in [0.5, 0.6) is 0 Å². The molecule has 0 unspecified atom stereocenters. The molecule has 0 aliphatic carbocycles. The molecule has 0 spiro atoms. The molecule has 104 valence electrons. The fourth-order valence-electron chi connectivity index (χ4n) is 1.79. The highest BCUT2D eigenvalue weighted by molar-refractivity contribution is 6.33.